The molecule has 0 aliphatic rings. The van der Waals surface area contributed by atoms with Crippen LogP contribution in [0.1, 0.15) is 20.3 Å². The van der Waals surface area contributed by atoms with Gasteiger partial charge in [0.1, 0.15) is 0 Å². The summed E-state index contributed by atoms with van der Waals surface area (Å²) in [7, 11) is 0. The lowest BCUT2D eigenvalue weighted by Gasteiger charge is -2.18. The van der Waals surface area contributed by atoms with Crippen LogP contribution in [0.5, 0.6) is 0 Å². The molecule has 0 aliphatic heterocycles. The number of hydrogen-bond donors (Lipinski definition) is 1. The summed E-state index contributed by atoms with van der Waals surface area (Å²) in [4.78, 5) is 12.4. The molecule has 3 nitrogen and oxygen atoms in total. The zero-order chi connectivity index (χ0) is 7.98. The summed E-state index contributed by atoms with van der Waals surface area (Å²) in [6, 6.07) is 0. The average molecular weight is 145 g/mol. The van der Waals surface area contributed by atoms with Crippen molar-refractivity contribution in [1.29, 1.82) is 0 Å². The second-order valence-electron chi connectivity index (χ2n) is 2.23. The van der Waals surface area contributed by atoms with Crippen molar-refractivity contribution >= 4 is 5.91 Å². The molecule has 0 aromatic rings. The molecule has 0 unspecified atom stereocenters. The van der Waals surface area contributed by atoms with Crippen LogP contribution in [0.3, 0.4) is 0 Å². The SMILES string of the molecule is CCCN(CCO)C(C)=O. The lowest BCUT2D eigenvalue weighted by molar-refractivity contribution is -0.129. The van der Waals surface area contributed by atoms with E-state index >= 15 is 0 Å². The quantitative estimate of drug-likeness (QED) is 0.615. The van der Waals surface area contributed by atoms with E-state index in [0.29, 0.717) is 6.54 Å². The van der Waals surface area contributed by atoms with E-state index in [0.717, 1.165) is 13.0 Å². The molecule has 0 fully saturated rings. The first-order chi connectivity index (χ1) is 4.72. The molecule has 0 saturated heterocycles. The number of rotatable bonds is 4. The highest BCUT2D eigenvalue weighted by Gasteiger charge is 2.04. The highest BCUT2D eigenvalue weighted by Crippen LogP contribution is 1.90. The van der Waals surface area contributed by atoms with Crippen LogP contribution < -0.4 is 0 Å². The van der Waals surface area contributed by atoms with Gasteiger partial charge in [-0.3, -0.25) is 4.79 Å². The van der Waals surface area contributed by atoms with Crippen molar-refractivity contribution in [2.24, 2.45) is 0 Å². The summed E-state index contributed by atoms with van der Waals surface area (Å²) in [6.07, 6.45) is 0.944. The Hall–Kier alpha value is -0.570. The third-order valence-electron chi connectivity index (χ3n) is 1.31. The van der Waals surface area contributed by atoms with Gasteiger partial charge in [0.25, 0.3) is 0 Å². The second kappa shape index (κ2) is 5.23. The summed E-state index contributed by atoms with van der Waals surface area (Å²) in [5.74, 6) is 0.0379. The van der Waals surface area contributed by atoms with Crippen molar-refractivity contribution in [3.63, 3.8) is 0 Å². The topological polar surface area (TPSA) is 40.5 Å². The second-order valence-corrected chi connectivity index (χ2v) is 2.23. The molecule has 0 bridgehead atoms. The summed E-state index contributed by atoms with van der Waals surface area (Å²) >= 11 is 0. The number of carbonyl (C=O) groups is 1. The fraction of sp³-hybridized carbons (Fsp3) is 0.857. The lowest BCUT2D eigenvalue weighted by Crippen LogP contribution is -2.32. The first-order valence-electron chi connectivity index (χ1n) is 3.58. The Balaban J connectivity index is 3.61. The fourth-order valence-electron chi connectivity index (χ4n) is 0.817. The van der Waals surface area contributed by atoms with E-state index in [4.69, 9.17) is 5.11 Å². The fourth-order valence-corrected chi connectivity index (χ4v) is 0.817. The van der Waals surface area contributed by atoms with Gasteiger partial charge in [-0.1, -0.05) is 6.92 Å². The van der Waals surface area contributed by atoms with Crippen LogP contribution in [0, 0.1) is 0 Å². The number of hydrogen-bond acceptors (Lipinski definition) is 2. The van der Waals surface area contributed by atoms with Gasteiger partial charge in [-0.2, -0.15) is 0 Å². The molecule has 10 heavy (non-hydrogen) atoms. The van der Waals surface area contributed by atoms with Crippen LogP contribution in [0.2, 0.25) is 0 Å². The van der Waals surface area contributed by atoms with Crippen molar-refractivity contribution in [2.45, 2.75) is 20.3 Å². The van der Waals surface area contributed by atoms with Gasteiger partial charge in [-0.15, -0.1) is 0 Å². The van der Waals surface area contributed by atoms with Gasteiger partial charge in [-0.25, -0.2) is 0 Å². The predicted molar refractivity (Wildman–Crippen MR) is 39.6 cm³/mol. The maximum Gasteiger partial charge on any atom is 0.219 e. The van der Waals surface area contributed by atoms with Crippen LogP contribution in [0.15, 0.2) is 0 Å². The molecule has 0 heterocycles. The predicted octanol–water partition coefficient (Wildman–Crippen LogP) is 0.237. The third kappa shape index (κ3) is 3.45. The molecule has 60 valence electrons. The molecule has 1 amide bonds. The first-order valence-corrected chi connectivity index (χ1v) is 3.58. The van der Waals surface area contributed by atoms with Crippen LogP contribution in [-0.2, 0) is 4.79 Å². The van der Waals surface area contributed by atoms with E-state index in [1.54, 1.807) is 4.90 Å². The van der Waals surface area contributed by atoms with Crippen LogP contribution >= 0.6 is 0 Å². The van der Waals surface area contributed by atoms with E-state index < -0.39 is 0 Å². The minimum Gasteiger partial charge on any atom is -0.395 e. The Kier molecular flexibility index (Phi) is 4.94. The van der Waals surface area contributed by atoms with Gasteiger partial charge in [0.15, 0.2) is 0 Å². The van der Waals surface area contributed by atoms with Crippen LogP contribution in [0.4, 0.5) is 0 Å². The highest BCUT2D eigenvalue weighted by molar-refractivity contribution is 5.73. The number of amides is 1. The Bertz CT molecular complexity index is 97.8. The number of aliphatic hydroxyl groups is 1. The third-order valence-corrected chi connectivity index (χ3v) is 1.31. The molecule has 0 radical (unpaired) electrons. The van der Waals surface area contributed by atoms with Crippen molar-refractivity contribution in [1.82, 2.24) is 4.90 Å². The molecule has 1 N–H and O–H groups in total. The van der Waals surface area contributed by atoms with Crippen molar-refractivity contribution < 1.29 is 9.90 Å². The average Bonchev–Trinajstić information content (AvgIpc) is 1.87. The maximum atomic E-state index is 10.7. The molecule has 0 aromatic heterocycles. The number of carbonyl (C=O) groups excluding carboxylic acids is 1. The summed E-state index contributed by atoms with van der Waals surface area (Å²) < 4.78 is 0. The van der Waals surface area contributed by atoms with Crippen molar-refractivity contribution in [2.75, 3.05) is 19.7 Å². The largest absolute Gasteiger partial charge is 0.395 e. The Labute approximate surface area is 61.6 Å². The van der Waals surface area contributed by atoms with Gasteiger partial charge >= 0.3 is 0 Å². The summed E-state index contributed by atoms with van der Waals surface area (Å²) in [6.45, 7) is 4.79. The minimum atomic E-state index is 0.0379. The van der Waals surface area contributed by atoms with Crippen molar-refractivity contribution in [3.8, 4) is 0 Å². The van der Waals surface area contributed by atoms with Gasteiger partial charge in [0.2, 0.25) is 5.91 Å². The number of nitrogens with zero attached hydrogens (tertiary/aromatic N) is 1. The molecule has 0 saturated carbocycles. The zero-order valence-corrected chi connectivity index (χ0v) is 6.63. The molecule has 0 aromatic carbocycles. The Morgan fingerprint density at radius 3 is 2.40 bits per heavy atom. The van der Waals surface area contributed by atoms with E-state index in [2.05, 4.69) is 0 Å². The Morgan fingerprint density at radius 2 is 2.10 bits per heavy atom. The number of aliphatic hydroxyl groups excluding tert-OH is 1. The zero-order valence-electron chi connectivity index (χ0n) is 6.63. The first kappa shape index (κ1) is 9.43. The van der Waals surface area contributed by atoms with E-state index in [1.807, 2.05) is 6.92 Å². The molecule has 3 heteroatoms. The maximum absolute atomic E-state index is 10.7. The van der Waals surface area contributed by atoms with Crippen molar-refractivity contribution in [3.05, 3.63) is 0 Å². The molecule has 0 atom stereocenters. The molecule has 0 spiro atoms. The van der Waals surface area contributed by atoms with Gasteiger partial charge < -0.3 is 10.0 Å². The molecular formula is C7H15NO2. The minimum absolute atomic E-state index is 0.0379. The van der Waals surface area contributed by atoms with Crippen LogP contribution in [0.25, 0.3) is 0 Å². The van der Waals surface area contributed by atoms with Gasteiger partial charge in [-0.05, 0) is 6.42 Å². The van der Waals surface area contributed by atoms with Gasteiger partial charge in [0, 0.05) is 20.0 Å². The van der Waals surface area contributed by atoms with E-state index in [-0.39, 0.29) is 12.5 Å². The molecule has 0 aliphatic carbocycles. The monoisotopic (exact) mass is 145 g/mol. The smallest absolute Gasteiger partial charge is 0.219 e. The molecular weight excluding hydrogens is 130 g/mol. The highest BCUT2D eigenvalue weighted by atomic mass is 16.3. The summed E-state index contributed by atoms with van der Waals surface area (Å²) in [5.41, 5.74) is 0. The standard InChI is InChI=1S/C7H15NO2/c1-3-4-8(5-6-9)7(2)10/h9H,3-6H2,1-2H3. The van der Waals surface area contributed by atoms with E-state index in [1.165, 1.54) is 6.92 Å². The van der Waals surface area contributed by atoms with Crippen LogP contribution in [-0.4, -0.2) is 35.6 Å². The van der Waals surface area contributed by atoms with Gasteiger partial charge in [0.05, 0.1) is 6.61 Å². The summed E-state index contributed by atoms with van der Waals surface area (Å²) in [5, 5.41) is 8.52. The molecule has 0 rings (SSSR count). The van der Waals surface area contributed by atoms with E-state index in [9.17, 15) is 4.79 Å². The lowest BCUT2D eigenvalue weighted by atomic mass is 10.4. The Morgan fingerprint density at radius 1 is 1.50 bits per heavy atom. The normalized spacial score (nSPS) is 9.50.